The van der Waals surface area contributed by atoms with Gasteiger partial charge >= 0.3 is 12.1 Å². The minimum atomic E-state index is -0.831. The maximum absolute atomic E-state index is 11.0. The molecule has 2 rings (SSSR count). The van der Waals surface area contributed by atoms with Crippen LogP contribution >= 0.6 is 11.3 Å². The number of nitrogens with one attached hydrogen (secondary N) is 1. The number of ether oxygens (including phenoxy) is 1. The molecule has 98 valence electrons. The van der Waals surface area contributed by atoms with Gasteiger partial charge in [0.25, 0.3) is 0 Å². The number of carbonyl (C=O) groups excluding carboxylic acids is 1. The van der Waals surface area contributed by atoms with E-state index >= 15 is 0 Å². The van der Waals surface area contributed by atoms with E-state index in [0.717, 1.165) is 11.3 Å². The molecule has 8 heteroatoms. The number of thiazole rings is 1. The summed E-state index contributed by atoms with van der Waals surface area (Å²) >= 11 is 1.44. The molecule has 1 atom stereocenters. The molecular formula is C10H13N3O4S. The molecule has 18 heavy (non-hydrogen) atoms. The highest BCUT2D eigenvalue weighted by atomic mass is 32.1. The minimum Gasteiger partial charge on any atom is -0.481 e. The molecule has 1 aromatic rings. The van der Waals surface area contributed by atoms with Gasteiger partial charge in [0, 0.05) is 4.88 Å². The highest BCUT2D eigenvalue weighted by molar-refractivity contribution is 7.15. The Morgan fingerprint density at radius 2 is 2.39 bits per heavy atom. The van der Waals surface area contributed by atoms with Crippen molar-refractivity contribution in [3.63, 3.8) is 0 Å². The van der Waals surface area contributed by atoms with Crippen LogP contribution in [0.2, 0.25) is 0 Å². The number of carbonyl (C=O) groups is 2. The van der Waals surface area contributed by atoms with Crippen LogP contribution in [0.25, 0.3) is 0 Å². The van der Waals surface area contributed by atoms with Crippen LogP contribution in [-0.2, 0) is 16.0 Å². The molecule has 7 nitrogen and oxygen atoms in total. The van der Waals surface area contributed by atoms with Crippen LogP contribution < -0.4 is 11.1 Å². The van der Waals surface area contributed by atoms with Gasteiger partial charge in [-0.2, -0.15) is 0 Å². The van der Waals surface area contributed by atoms with Crippen LogP contribution in [0.1, 0.15) is 22.9 Å². The number of aromatic nitrogens is 1. The van der Waals surface area contributed by atoms with E-state index in [9.17, 15) is 9.59 Å². The number of aliphatic carboxylic acids is 1. The van der Waals surface area contributed by atoms with Crippen molar-refractivity contribution < 1.29 is 19.4 Å². The van der Waals surface area contributed by atoms with Gasteiger partial charge in [0.05, 0.1) is 12.2 Å². The van der Waals surface area contributed by atoms with Gasteiger partial charge in [-0.15, -0.1) is 11.3 Å². The lowest BCUT2D eigenvalue weighted by atomic mass is 10.1. The number of carboxylic acids is 1. The van der Waals surface area contributed by atoms with E-state index in [0.29, 0.717) is 23.8 Å². The lowest BCUT2D eigenvalue weighted by Gasteiger charge is -2.04. The fourth-order valence-corrected chi connectivity index (χ4v) is 2.92. The summed E-state index contributed by atoms with van der Waals surface area (Å²) in [5, 5.41) is 12.6. The van der Waals surface area contributed by atoms with Gasteiger partial charge in [-0.05, 0) is 12.8 Å². The molecule has 1 aliphatic rings. The molecule has 0 saturated heterocycles. The van der Waals surface area contributed by atoms with Crippen molar-refractivity contribution in [2.75, 3.05) is 18.5 Å². The molecule has 0 fully saturated rings. The molecule has 1 aliphatic carbocycles. The number of anilines is 1. The molecule has 0 spiro atoms. The normalized spacial score (nSPS) is 17.2. The number of amides is 1. The van der Waals surface area contributed by atoms with Crippen LogP contribution in [0, 0.1) is 0 Å². The number of hydrogen-bond donors (Lipinski definition) is 3. The average Bonchev–Trinajstić information content (AvgIpc) is 2.82. The molecule has 1 heterocycles. The molecule has 0 bridgehead atoms. The number of nitrogens with two attached hydrogens (primary N) is 1. The first-order valence-electron chi connectivity index (χ1n) is 5.46. The predicted molar refractivity (Wildman–Crippen MR) is 64.8 cm³/mol. The van der Waals surface area contributed by atoms with Gasteiger partial charge in [-0.3, -0.25) is 4.79 Å². The van der Waals surface area contributed by atoms with E-state index in [1.807, 2.05) is 0 Å². The number of fused-ring (bicyclic) bond motifs is 1. The Kier molecular flexibility index (Phi) is 3.66. The van der Waals surface area contributed by atoms with Gasteiger partial charge in [0.1, 0.15) is 12.5 Å². The van der Waals surface area contributed by atoms with E-state index in [1.165, 1.54) is 11.3 Å². The van der Waals surface area contributed by atoms with E-state index in [4.69, 9.17) is 10.8 Å². The van der Waals surface area contributed by atoms with Crippen molar-refractivity contribution in [3.05, 3.63) is 10.6 Å². The fourth-order valence-electron chi connectivity index (χ4n) is 1.85. The lowest BCUT2D eigenvalue weighted by molar-refractivity contribution is -0.138. The summed E-state index contributed by atoms with van der Waals surface area (Å²) in [6.45, 7) is 0.551. The first kappa shape index (κ1) is 12.6. The van der Waals surface area contributed by atoms with Gasteiger partial charge in [0.2, 0.25) is 0 Å². The Morgan fingerprint density at radius 3 is 3.06 bits per heavy atom. The van der Waals surface area contributed by atoms with Crippen LogP contribution in [0.4, 0.5) is 9.93 Å². The average molecular weight is 271 g/mol. The third kappa shape index (κ3) is 2.70. The van der Waals surface area contributed by atoms with Crippen LogP contribution in [-0.4, -0.2) is 35.3 Å². The van der Waals surface area contributed by atoms with Crippen molar-refractivity contribution in [2.24, 2.45) is 5.73 Å². The second-order valence-electron chi connectivity index (χ2n) is 3.85. The van der Waals surface area contributed by atoms with Crippen LogP contribution in [0.15, 0.2) is 0 Å². The zero-order chi connectivity index (χ0) is 13.1. The largest absolute Gasteiger partial charge is 0.481 e. The third-order valence-electron chi connectivity index (χ3n) is 2.64. The molecule has 1 amide bonds. The Balaban J connectivity index is 1.91. The second kappa shape index (κ2) is 5.21. The van der Waals surface area contributed by atoms with E-state index in [2.05, 4.69) is 15.0 Å². The quantitative estimate of drug-likeness (QED) is 0.681. The minimum absolute atomic E-state index is 0.155. The number of aryl methyl sites for hydroxylation is 1. The maximum atomic E-state index is 11.0. The lowest BCUT2D eigenvalue weighted by Crippen LogP contribution is -2.18. The topological polar surface area (TPSA) is 115 Å². The number of carboxylic acid groups (broad SMARTS) is 1. The highest BCUT2D eigenvalue weighted by Crippen LogP contribution is 2.38. The zero-order valence-corrected chi connectivity index (χ0v) is 10.3. The van der Waals surface area contributed by atoms with Crippen molar-refractivity contribution in [1.29, 1.82) is 0 Å². The van der Waals surface area contributed by atoms with Gasteiger partial charge in [-0.25, -0.2) is 9.78 Å². The number of rotatable bonds is 5. The molecule has 4 N–H and O–H groups in total. The second-order valence-corrected chi connectivity index (χ2v) is 4.93. The molecular weight excluding hydrogens is 258 g/mol. The van der Waals surface area contributed by atoms with E-state index < -0.39 is 18.0 Å². The van der Waals surface area contributed by atoms with Crippen LogP contribution in [0.3, 0.4) is 0 Å². The molecule has 0 aromatic carbocycles. The Labute approximate surface area is 107 Å². The molecule has 0 aliphatic heterocycles. The fraction of sp³-hybridized carbons (Fsp3) is 0.500. The number of hydrogen-bond acceptors (Lipinski definition) is 6. The molecule has 1 unspecified atom stereocenters. The summed E-state index contributed by atoms with van der Waals surface area (Å²) in [7, 11) is 0. The summed E-state index contributed by atoms with van der Waals surface area (Å²) in [5.74, 6) is -1.32. The van der Waals surface area contributed by atoms with Gasteiger partial charge in [-0.1, -0.05) is 0 Å². The van der Waals surface area contributed by atoms with E-state index in [1.54, 1.807) is 0 Å². The maximum Gasteiger partial charge on any atom is 0.404 e. The van der Waals surface area contributed by atoms with Crippen LogP contribution in [0.5, 0.6) is 0 Å². The van der Waals surface area contributed by atoms with Crippen molar-refractivity contribution in [1.82, 2.24) is 4.98 Å². The summed E-state index contributed by atoms with van der Waals surface area (Å²) in [6.07, 6.45) is 0.558. The summed E-state index contributed by atoms with van der Waals surface area (Å²) in [4.78, 5) is 26.6. The van der Waals surface area contributed by atoms with E-state index in [-0.39, 0.29) is 6.61 Å². The van der Waals surface area contributed by atoms with Gasteiger partial charge in [0.15, 0.2) is 5.13 Å². The molecule has 0 radical (unpaired) electrons. The molecule has 1 aromatic heterocycles. The third-order valence-corrected chi connectivity index (χ3v) is 3.73. The standard InChI is InChI=1S/C10H13N3O4S/c11-9(16)17-4-3-12-10-13-7-5(8(14)15)1-2-6(7)18-10/h5H,1-4H2,(H2,11,16)(H,12,13)(H,14,15). The summed E-state index contributed by atoms with van der Waals surface area (Å²) in [5.41, 5.74) is 5.47. The number of nitrogens with zero attached hydrogens (tertiary/aromatic N) is 1. The SMILES string of the molecule is NC(=O)OCCNc1nc2c(s1)CCC2C(=O)O. The zero-order valence-electron chi connectivity index (χ0n) is 9.51. The first-order chi connectivity index (χ1) is 8.58. The van der Waals surface area contributed by atoms with Crippen molar-refractivity contribution in [2.45, 2.75) is 18.8 Å². The number of primary amides is 1. The molecule has 0 saturated carbocycles. The summed E-state index contributed by atoms with van der Waals surface area (Å²) < 4.78 is 4.56. The Hall–Kier alpha value is -1.83. The monoisotopic (exact) mass is 271 g/mol. The Bertz CT molecular complexity index is 474. The van der Waals surface area contributed by atoms with Gasteiger partial charge < -0.3 is 20.9 Å². The van der Waals surface area contributed by atoms with Crippen molar-refractivity contribution in [3.8, 4) is 0 Å². The van der Waals surface area contributed by atoms with Crippen molar-refractivity contribution >= 4 is 28.5 Å². The smallest absolute Gasteiger partial charge is 0.404 e. The predicted octanol–water partition coefficient (Wildman–Crippen LogP) is 0.765. The summed E-state index contributed by atoms with van der Waals surface area (Å²) in [6, 6.07) is 0. The Morgan fingerprint density at radius 1 is 1.61 bits per heavy atom. The highest BCUT2D eigenvalue weighted by Gasteiger charge is 2.32. The first-order valence-corrected chi connectivity index (χ1v) is 6.28.